The van der Waals surface area contributed by atoms with Gasteiger partial charge < -0.3 is 14.2 Å². The summed E-state index contributed by atoms with van der Waals surface area (Å²) in [6, 6.07) is 5.92. The number of aromatic nitrogens is 1. The van der Waals surface area contributed by atoms with Crippen LogP contribution in [0.2, 0.25) is 4.34 Å². The lowest BCUT2D eigenvalue weighted by Gasteiger charge is -2.35. The number of thiophene rings is 1. The Morgan fingerprint density at radius 1 is 1.46 bits per heavy atom. The number of amides is 1. The normalized spacial score (nSPS) is 14.4. The molecular formula is C19H22ClN5O2S. The third-order valence-electron chi connectivity index (χ3n) is 4.50. The maximum atomic E-state index is 12.8. The molecular weight excluding hydrogens is 398 g/mol. The molecule has 0 aromatic carbocycles. The van der Waals surface area contributed by atoms with Gasteiger partial charge in [0.2, 0.25) is 17.5 Å². The van der Waals surface area contributed by atoms with E-state index >= 15 is 0 Å². The topological polar surface area (TPSA) is 76.6 Å². The second-order valence-corrected chi connectivity index (χ2v) is 8.33. The average molecular weight is 420 g/mol. The Balaban J connectivity index is 1.56. The highest BCUT2D eigenvalue weighted by Gasteiger charge is 2.26. The minimum absolute atomic E-state index is 0.0819. The molecule has 1 aliphatic heterocycles. The van der Waals surface area contributed by atoms with Crippen LogP contribution >= 0.6 is 22.9 Å². The summed E-state index contributed by atoms with van der Waals surface area (Å²) in [5.74, 6) is 1.05. The summed E-state index contributed by atoms with van der Waals surface area (Å²) in [5.41, 5.74) is 0.295. The number of halogens is 1. The summed E-state index contributed by atoms with van der Waals surface area (Å²) < 4.78 is 6.31. The molecule has 0 spiro atoms. The van der Waals surface area contributed by atoms with Crippen molar-refractivity contribution in [3.05, 3.63) is 45.6 Å². The van der Waals surface area contributed by atoms with Gasteiger partial charge >= 0.3 is 0 Å². The predicted molar refractivity (Wildman–Crippen MR) is 110 cm³/mol. The lowest BCUT2D eigenvalue weighted by atomic mass is 10.3. The van der Waals surface area contributed by atoms with Gasteiger partial charge in [0.05, 0.1) is 10.9 Å². The van der Waals surface area contributed by atoms with Gasteiger partial charge in [-0.25, -0.2) is 4.98 Å². The molecule has 1 saturated heterocycles. The van der Waals surface area contributed by atoms with E-state index in [1.54, 1.807) is 13.0 Å². The number of oxazole rings is 1. The van der Waals surface area contributed by atoms with Gasteiger partial charge in [-0.15, -0.1) is 17.9 Å². The van der Waals surface area contributed by atoms with Crippen molar-refractivity contribution in [3.63, 3.8) is 0 Å². The molecule has 0 radical (unpaired) electrons. The molecule has 2 aromatic heterocycles. The third kappa shape index (κ3) is 4.93. The summed E-state index contributed by atoms with van der Waals surface area (Å²) in [7, 11) is 0. The van der Waals surface area contributed by atoms with Crippen molar-refractivity contribution >= 4 is 34.7 Å². The van der Waals surface area contributed by atoms with Crippen LogP contribution in [0.4, 0.5) is 5.88 Å². The van der Waals surface area contributed by atoms with E-state index in [9.17, 15) is 10.1 Å². The van der Waals surface area contributed by atoms with Crippen molar-refractivity contribution < 1.29 is 9.21 Å². The Bertz CT molecular complexity index is 879. The number of aryl methyl sites for hydroxylation is 1. The first-order valence-corrected chi connectivity index (χ1v) is 10.2. The van der Waals surface area contributed by atoms with E-state index in [1.165, 1.54) is 11.3 Å². The molecule has 0 N–H and O–H groups in total. The highest BCUT2D eigenvalue weighted by molar-refractivity contribution is 7.16. The molecule has 0 unspecified atom stereocenters. The number of hydrogen-bond donors (Lipinski definition) is 0. The molecule has 2 aromatic rings. The van der Waals surface area contributed by atoms with Crippen LogP contribution in [0.5, 0.6) is 0 Å². The molecule has 0 aliphatic carbocycles. The van der Waals surface area contributed by atoms with Gasteiger partial charge in [0.25, 0.3) is 0 Å². The van der Waals surface area contributed by atoms with E-state index in [4.69, 9.17) is 16.0 Å². The summed E-state index contributed by atoms with van der Waals surface area (Å²) in [6.07, 6.45) is 1.80. The van der Waals surface area contributed by atoms with Gasteiger partial charge in [-0.1, -0.05) is 17.7 Å². The lowest BCUT2D eigenvalue weighted by molar-refractivity contribution is -0.132. The lowest BCUT2D eigenvalue weighted by Crippen LogP contribution is -2.51. The van der Waals surface area contributed by atoms with Crippen molar-refractivity contribution in [2.45, 2.75) is 13.5 Å². The fourth-order valence-electron chi connectivity index (χ4n) is 3.18. The molecule has 7 nitrogen and oxygen atoms in total. The van der Waals surface area contributed by atoms with E-state index < -0.39 is 0 Å². The molecule has 9 heteroatoms. The molecule has 3 rings (SSSR count). The Kier molecular flexibility index (Phi) is 6.73. The van der Waals surface area contributed by atoms with Gasteiger partial charge in [0, 0.05) is 51.1 Å². The first-order valence-electron chi connectivity index (χ1n) is 8.98. The minimum Gasteiger partial charge on any atom is -0.424 e. The number of nitrogens with zero attached hydrogens (tertiary/aromatic N) is 5. The summed E-state index contributed by atoms with van der Waals surface area (Å²) in [6.45, 7) is 9.51. The zero-order valence-corrected chi connectivity index (χ0v) is 17.3. The number of rotatable bonds is 7. The molecule has 28 heavy (non-hydrogen) atoms. The molecule has 3 heterocycles. The molecule has 1 aliphatic rings. The highest BCUT2D eigenvalue weighted by atomic mass is 35.5. The maximum Gasteiger partial charge on any atom is 0.236 e. The first-order chi connectivity index (χ1) is 13.5. The van der Waals surface area contributed by atoms with Gasteiger partial charge in [0.15, 0.2) is 5.89 Å². The molecule has 148 valence electrons. The van der Waals surface area contributed by atoms with Crippen molar-refractivity contribution in [2.75, 3.05) is 44.2 Å². The zero-order valence-electron chi connectivity index (χ0n) is 15.7. The predicted octanol–water partition coefficient (Wildman–Crippen LogP) is 2.91. The number of nitriles is 1. The second kappa shape index (κ2) is 9.24. The van der Waals surface area contributed by atoms with Crippen LogP contribution in [-0.2, 0) is 11.3 Å². The van der Waals surface area contributed by atoms with E-state index in [2.05, 4.69) is 22.5 Å². The van der Waals surface area contributed by atoms with Crippen molar-refractivity contribution in [3.8, 4) is 6.07 Å². The third-order valence-corrected chi connectivity index (χ3v) is 5.71. The van der Waals surface area contributed by atoms with Gasteiger partial charge in [-0.2, -0.15) is 5.26 Å². The van der Waals surface area contributed by atoms with E-state index in [0.29, 0.717) is 63.3 Å². The summed E-state index contributed by atoms with van der Waals surface area (Å²) >= 11 is 7.53. The van der Waals surface area contributed by atoms with Crippen LogP contribution in [0, 0.1) is 18.3 Å². The summed E-state index contributed by atoms with van der Waals surface area (Å²) in [5, 5.41) is 9.19. The highest BCUT2D eigenvalue weighted by Crippen LogP contribution is 2.24. The molecule has 0 atom stereocenters. The van der Waals surface area contributed by atoms with Crippen LogP contribution in [0.15, 0.2) is 29.2 Å². The molecule has 0 saturated carbocycles. The second-order valence-electron chi connectivity index (χ2n) is 6.53. The van der Waals surface area contributed by atoms with Crippen LogP contribution in [-0.4, -0.2) is 60.0 Å². The van der Waals surface area contributed by atoms with E-state index in [0.717, 1.165) is 9.21 Å². The fraction of sp³-hybridized carbons (Fsp3) is 0.421. The summed E-state index contributed by atoms with van der Waals surface area (Å²) in [4.78, 5) is 23.8. The Morgan fingerprint density at radius 3 is 2.82 bits per heavy atom. The first kappa shape index (κ1) is 20.4. The zero-order chi connectivity index (χ0) is 20.1. The monoisotopic (exact) mass is 419 g/mol. The molecule has 0 bridgehead atoms. The molecule has 1 fully saturated rings. The maximum absolute atomic E-state index is 12.8. The number of hydrogen-bond acceptors (Lipinski definition) is 7. The van der Waals surface area contributed by atoms with Crippen LogP contribution in [0.25, 0.3) is 0 Å². The minimum atomic E-state index is 0.0819. The van der Waals surface area contributed by atoms with Crippen LogP contribution < -0.4 is 4.90 Å². The van der Waals surface area contributed by atoms with E-state index in [-0.39, 0.29) is 5.91 Å². The Morgan fingerprint density at radius 2 is 2.21 bits per heavy atom. The number of anilines is 1. The quantitative estimate of drug-likeness (QED) is 0.642. The van der Waals surface area contributed by atoms with Crippen molar-refractivity contribution in [2.24, 2.45) is 0 Å². The number of carbonyl (C=O) groups is 1. The standard InChI is InChI=1S/C19H22ClN5O2S/c1-3-6-23(12-15-4-5-17(20)28-15)13-18(26)24-7-9-25(10-8-24)19-16(11-21)22-14(2)27-19/h3-5H,1,6-10,12-13H2,2H3. The van der Waals surface area contributed by atoms with Gasteiger partial charge in [-0.05, 0) is 12.1 Å². The largest absolute Gasteiger partial charge is 0.424 e. The van der Waals surface area contributed by atoms with Crippen molar-refractivity contribution in [1.82, 2.24) is 14.8 Å². The smallest absolute Gasteiger partial charge is 0.236 e. The van der Waals surface area contributed by atoms with Gasteiger partial charge in [0.1, 0.15) is 6.07 Å². The molecule has 1 amide bonds. The average Bonchev–Trinajstić information content (AvgIpc) is 3.27. The Labute approximate surface area is 173 Å². The Hall–Kier alpha value is -2.34. The van der Waals surface area contributed by atoms with Crippen molar-refractivity contribution in [1.29, 1.82) is 5.26 Å². The van der Waals surface area contributed by atoms with Gasteiger partial charge in [-0.3, -0.25) is 9.69 Å². The number of piperazine rings is 1. The van der Waals surface area contributed by atoms with Crippen LogP contribution in [0.1, 0.15) is 16.5 Å². The van der Waals surface area contributed by atoms with Crippen LogP contribution in [0.3, 0.4) is 0 Å². The SMILES string of the molecule is C=CCN(CC(=O)N1CCN(c2oc(C)nc2C#N)CC1)Cc1ccc(Cl)s1. The number of carbonyl (C=O) groups excluding carboxylic acids is 1. The fourth-order valence-corrected chi connectivity index (χ4v) is 4.31. The van der Waals surface area contributed by atoms with E-state index in [1.807, 2.05) is 21.9 Å².